The molecule has 0 aromatic carbocycles. The summed E-state index contributed by atoms with van der Waals surface area (Å²) in [5, 5.41) is 6.92. The highest BCUT2D eigenvalue weighted by Crippen LogP contribution is 2.26. The van der Waals surface area contributed by atoms with Crippen molar-refractivity contribution in [2.75, 3.05) is 24.5 Å². The van der Waals surface area contributed by atoms with Crippen LogP contribution in [0.3, 0.4) is 0 Å². The number of halogens is 1. The van der Waals surface area contributed by atoms with Gasteiger partial charge in [-0.05, 0) is 35.7 Å². The number of carbonyl (C=O) groups is 1. The lowest BCUT2D eigenvalue weighted by atomic mass is 9.95. The molecule has 0 atom stereocenters. The summed E-state index contributed by atoms with van der Waals surface area (Å²) in [5.74, 6) is 0.206. The first kappa shape index (κ1) is 15.0. The normalized spacial score (nSPS) is 16.2. The van der Waals surface area contributed by atoms with E-state index in [1.807, 2.05) is 6.92 Å². The van der Waals surface area contributed by atoms with E-state index in [0.717, 1.165) is 31.6 Å². The molecule has 1 aromatic heterocycles. The van der Waals surface area contributed by atoms with E-state index in [-0.39, 0.29) is 17.4 Å². The Morgan fingerprint density at radius 2 is 2.15 bits per heavy atom. The summed E-state index contributed by atoms with van der Waals surface area (Å²) >= 11 is 3.34. The molecule has 20 heavy (non-hydrogen) atoms. The zero-order valence-electron chi connectivity index (χ0n) is 11.7. The molecule has 1 N–H and O–H groups in total. The highest BCUT2D eigenvalue weighted by Gasteiger charge is 2.26. The van der Waals surface area contributed by atoms with Crippen LogP contribution in [-0.4, -0.2) is 35.3 Å². The summed E-state index contributed by atoms with van der Waals surface area (Å²) in [7, 11) is 1.62. The molecule has 2 rings (SSSR count). The number of hydrogen-bond acceptors (Lipinski definition) is 4. The molecular formula is C13H19BrN4O2. The van der Waals surface area contributed by atoms with E-state index < -0.39 is 0 Å². The number of nitrogens with one attached hydrogen (secondary N) is 1. The Hall–Kier alpha value is -1.37. The number of rotatable bonds is 3. The molecular weight excluding hydrogens is 324 g/mol. The Morgan fingerprint density at radius 3 is 2.75 bits per heavy atom. The number of piperidine rings is 1. The number of aryl methyl sites for hydroxylation is 1. The smallest absolute Gasteiger partial charge is 0.282 e. The van der Waals surface area contributed by atoms with Crippen LogP contribution in [-0.2, 0) is 11.8 Å². The quantitative estimate of drug-likeness (QED) is 0.885. The van der Waals surface area contributed by atoms with Gasteiger partial charge in [0.2, 0.25) is 5.91 Å². The van der Waals surface area contributed by atoms with Crippen molar-refractivity contribution in [3.8, 4) is 0 Å². The lowest BCUT2D eigenvalue weighted by Gasteiger charge is -2.33. The van der Waals surface area contributed by atoms with Gasteiger partial charge >= 0.3 is 0 Å². The van der Waals surface area contributed by atoms with Crippen molar-refractivity contribution in [2.24, 2.45) is 13.0 Å². The summed E-state index contributed by atoms with van der Waals surface area (Å²) < 4.78 is 1.83. The second kappa shape index (κ2) is 6.39. The third-order valence-electron chi connectivity index (χ3n) is 3.62. The van der Waals surface area contributed by atoms with Crippen molar-refractivity contribution in [3.05, 3.63) is 21.0 Å². The zero-order valence-corrected chi connectivity index (χ0v) is 13.3. The van der Waals surface area contributed by atoms with Crippen molar-refractivity contribution >= 4 is 27.5 Å². The Bertz CT molecular complexity index is 550. The standard InChI is InChI=1S/C13H19BrN4O2/c1-3-15-12(19)9-4-6-18(7-5-9)10-8-16-17(2)13(20)11(10)14/h8-9H,3-7H2,1-2H3,(H,15,19). The van der Waals surface area contributed by atoms with Gasteiger partial charge in [0.25, 0.3) is 5.56 Å². The first-order valence-electron chi connectivity index (χ1n) is 6.79. The average molecular weight is 343 g/mol. The maximum Gasteiger partial charge on any atom is 0.282 e. The number of amides is 1. The SMILES string of the molecule is CCNC(=O)C1CCN(c2cnn(C)c(=O)c2Br)CC1. The second-order valence-electron chi connectivity index (χ2n) is 4.93. The summed E-state index contributed by atoms with van der Waals surface area (Å²) in [6, 6.07) is 0. The van der Waals surface area contributed by atoms with Crippen LogP contribution < -0.4 is 15.8 Å². The summed E-state index contributed by atoms with van der Waals surface area (Å²) in [6.07, 6.45) is 3.29. The van der Waals surface area contributed by atoms with Crippen molar-refractivity contribution < 1.29 is 4.79 Å². The minimum atomic E-state index is -0.145. The van der Waals surface area contributed by atoms with Gasteiger partial charge in [-0.15, -0.1) is 0 Å². The fourth-order valence-electron chi connectivity index (χ4n) is 2.42. The molecule has 1 aromatic rings. The third kappa shape index (κ3) is 3.03. The van der Waals surface area contributed by atoms with Gasteiger partial charge in [-0.1, -0.05) is 0 Å². The molecule has 0 bridgehead atoms. The molecule has 6 nitrogen and oxygen atoms in total. The Kier molecular flexibility index (Phi) is 4.80. The second-order valence-corrected chi connectivity index (χ2v) is 5.72. The topological polar surface area (TPSA) is 67.2 Å². The average Bonchev–Trinajstić information content (AvgIpc) is 2.45. The third-order valence-corrected chi connectivity index (χ3v) is 4.36. The minimum Gasteiger partial charge on any atom is -0.369 e. The summed E-state index contributed by atoms with van der Waals surface area (Å²) in [4.78, 5) is 25.8. The van der Waals surface area contributed by atoms with Crippen LogP contribution in [0.1, 0.15) is 19.8 Å². The fourth-order valence-corrected chi connectivity index (χ4v) is 3.03. The summed E-state index contributed by atoms with van der Waals surface area (Å²) in [6.45, 7) is 4.11. The van der Waals surface area contributed by atoms with Crippen LogP contribution in [0.5, 0.6) is 0 Å². The van der Waals surface area contributed by atoms with Gasteiger partial charge in [0.05, 0.1) is 11.9 Å². The minimum absolute atomic E-state index is 0.0736. The number of hydrogen-bond donors (Lipinski definition) is 1. The highest BCUT2D eigenvalue weighted by atomic mass is 79.9. The van der Waals surface area contributed by atoms with E-state index in [0.29, 0.717) is 11.0 Å². The van der Waals surface area contributed by atoms with Gasteiger partial charge in [-0.25, -0.2) is 4.68 Å². The lowest BCUT2D eigenvalue weighted by Crippen LogP contribution is -2.41. The van der Waals surface area contributed by atoms with Gasteiger partial charge in [0, 0.05) is 32.6 Å². The molecule has 110 valence electrons. The van der Waals surface area contributed by atoms with Crippen LogP contribution in [0.15, 0.2) is 15.5 Å². The van der Waals surface area contributed by atoms with E-state index in [9.17, 15) is 9.59 Å². The number of carbonyl (C=O) groups excluding carboxylic acids is 1. The van der Waals surface area contributed by atoms with Crippen molar-refractivity contribution in [2.45, 2.75) is 19.8 Å². The monoisotopic (exact) mass is 342 g/mol. The van der Waals surface area contributed by atoms with Crippen molar-refractivity contribution in [1.29, 1.82) is 0 Å². The van der Waals surface area contributed by atoms with Crippen LogP contribution >= 0.6 is 15.9 Å². The first-order valence-corrected chi connectivity index (χ1v) is 7.58. The Labute approximate surface area is 126 Å². The predicted octanol–water partition coefficient (Wildman–Crippen LogP) is 0.895. The van der Waals surface area contributed by atoms with Crippen LogP contribution in [0, 0.1) is 5.92 Å². The molecule has 0 aliphatic carbocycles. The van der Waals surface area contributed by atoms with Gasteiger partial charge in [0.15, 0.2) is 0 Å². The molecule has 1 saturated heterocycles. The van der Waals surface area contributed by atoms with Crippen LogP contribution in [0.25, 0.3) is 0 Å². The zero-order chi connectivity index (χ0) is 14.7. The first-order chi connectivity index (χ1) is 9.54. The molecule has 0 unspecified atom stereocenters. The van der Waals surface area contributed by atoms with Gasteiger partial charge in [-0.2, -0.15) is 5.10 Å². The maximum atomic E-state index is 11.9. The maximum absolute atomic E-state index is 11.9. The molecule has 1 aliphatic heterocycles. The van der Waals surface area contributed by atoms with Crippen molar-refractivity contribution in [3.63, 3.8) is 0 Å². The number of nitrogens with zero attached hydrogens (tertiary/aromatic N) is 3. The molecule has 0 spiro atoms. The van der Waals surface area contributed by atoms with Crippen LogP contribution in [0.2, 0.25) is 0 Å². The molecule has 1 fully saturated rings. The predicted molar refractivity (Wildman–Crippen MR) is 80.8 cm³/mol. The van der Waals surface area contributed by atoms with E-state index in [1.54, 1.807) is 13.2 Å². The Balaban J connectivity index is 2.06. The van der Waals surface area contributed by atoms with E-state index in [2.05, 4.69) is 31.2 Å². The van der Waals surface area contributed by atoms with Crippen molar-refractivity contribution in [1.82, 2.24) is 15.1 Å². The molecule has 2 heterocycles. The van der Waals surface area contributed by atoms with Gasteiger partial charge in [-0.3, -0.25) is 9.59 Å². The number of aromatic nitrogens is 2. The largest absolute Gasteiger partial charge is 0.369 e. The fraction of sp³-hybridized carbons (Fsp3) is 0.615. The van der Waals surface area contributed by atoms with E-state index in [4.69, 9.17) is 0 Å². The van der Waals surface area contributed by atoms with Gasteiger partial charge < -0.3 is 10.2 Å². The molecule has 0 saturated carbocycles. The van der Waals surface area contributed by atoms with E-state index in [1.165, 1.54) is 4.68 Å². The van der Waals surface area contributed by atoms with Gasteiger partial charge in [0.1, 0.15) is 4.47 Å². The molecule has 7 heteroatoms. The molecule has 1 aliphatic rings. The van der Waals surface area contributed by atoms with Crippen LogP contribution in [0.4, 0.5) is 5.69 Å². The van der Waals surface area contributed by atoms with E-state index >= 15 is 0 Å². The molecule has 1 amide bonds. The highest BCUT2D eigenvalue weighted by molar-refractivity contribution is 9.10. The lowest BCUT2D eigenvalue weighted by molar-refractivity contribution is -0.125. The summed E-state index contributed by atoms with van der Waals surface area (Å²) in [5.41, 5.74) is 0.663. The Morgan fingerprint density at radius 1 is 1.50 bits per heavy atom. The number of anilines is 1. The molecule has 0 radical (unpaired) electrons.